The molecule has 0 bridgehead atoms. The van der Waals surface area contributed by atoms with Gasteiger partial charge in [0.05, 0.1) is 5.54 Å². The molecule has 1 aromatic rings. The van der Waals surface area contributed by atoms with Crippen LogP contribution in [0.2, 0.25) is 0 Å². The van der Waals surface area contributed by atoms with E-state index >= 15 is 0 Å². The minimum atomic E-state index is -0.747. The summed E-state index contributed by atoms with van der Waals surface area (Å²) in [4.78, 5) is 23.6. The lowest BCUT2D eigenvalue weighted by Crippen LogP contribution is -2.48. The summed E-state index contributed by atoms with van der Waals surface area (Å²) in [6, 6.07) is 7.11. The van der Waals surface area contributed by atoms with Gasteiger partial charge in [-0.25, -0.2) is 0 Å². The Kier molecular flexibility index (Phi) is 4.39. The van der Waals surface area contributed by atoms with E-state index in [1.165, 1.54) is 0 Å². The minimum Gasteiger partial charge on any atom is -0.326 e. The van der Waals surface area contributed by atoms with E-state index in [1.807, 2.05) is 0 Å². The molecule has 0 radical (unpaired) electrons. The second-order valence-corrected chi connectivity index (χ2v) is 5.30. The van der Waals surface area contributed by atoms with Crippen LogP contribution in [0.15, 0.2) is 24.3 Å². The normalized spacial score (nSPS) is 16.7. The van der Waals surface area contributed by atoms with Gasteiger partial charge >= 0.3 is 0 Å². The molecule has 0 aliphatic heterocycles. The topological polar surface area (TPSA) is 84.2 Å². The maximum Gasteiger partial charge on any atom is 0.244 e. The molecule has 108 valence electrons. The fourth-order valence-corrected chi connectivity index (χ4v) is 2.41. The van der Waals surface area contributed by atoms with Crippen LogP contribution in [-0.2, 0) is 9.59 Å². The standard InChI is InChI=1S/C15H21N3O2/c1-2-13(19)17-11-6-5-7-12(10-11)18-14(20)15(16)8-3-4-9-15/h5-7,10H,2-4,8-9,16H2,1H3,(H,17,19)(H,18,20). The lowest BCUT2D eigenvalue weighted by atomic mass is 9.98. The highest BCUT2D eigenvalue weighted by atomic mass is 16.2. The van der Waals surface area contributed by atoms with Crippen molar-refractivity contribution in [2.75, 3.05) is 10.6 Å². The van der Waals surface area contributed by atoms with Crippen LogP contribution in [0.3, 0.4) is 0 Å². The Balaban J connectivity index is 2.04. The van der Waals surface area contributed by atoms with Gasteiger partial charge in [0.15, 0.2) is 0 Å². The van der Waals surface area contributed by atoms with Gasteiger partial charge in [-0.15, -0.1) is 0 Å². The molecule has 1 aromatic carbocycles. The number of rotatable bonds is 4. The first-order chi connectivity index (χ1) is 9.53. The van der Waals surface area contributed by atoms with E-state index in [0.29, 0.717) is 17.8 Å². The minimum absolute atomic E-state index is 0.0560. The first-order valence-corrected chi connectivity index (χ1v) is 7.04. The first kappa shape index (κ1) is 14.5. The third kappa shape index (κ3) is 3.36. The van der Waals surface area contributed by atoms with Crippen molar-refractivity contribution in [1.29, 1.82) is 0 Å². The smallest absolute Gasteiger partial charge is 0.244 e. The molecule has 4 N–H and O–H groups in total. The van der Waals surface area contributed by atoms with E-state index in [-0.39, 0.29) is 11.8 Å². The van der Waals surface area contributed by atoms with Crippen LogP contribution in [0.1, 0.15) is 39.0 Å². The number of nitrogens with two attached hydrogens (primary N) is 1. The molecular weight excluding hydrogens is 254 g/mol. The average molecular weight is 275 g/mol. The number of anilines is 2. The predicted octanol–water partition coefficient (Wildman–Crippen LogP) is 2.25. The Morgan fingerprint density at radius 1 is 1.20 bits per heavy atom. The van der Waals surface area contributed by atoms with Crippen molar-refractivity contribution in [1.82, 2.24) is 0 Å². The highest BCUT2D eigenvalue weighted by molar-refractivity contribution is 5.99. The fourth-order valence-electron chi connectivity index (χ4n) is 2.41. The highest BCUT2D eigenvalue weighted by Crippen LogP contribution is 2.28. The molecule has 20 heavy (non-hydrogen) atoms. The molecule has 0 unspecified atom stereocenters. The summed E-state index contributed by atoms with van der Waals surface area (Å²) in [5, 5.41) is 5.60. The molecule has 5 nitrogen and oxygen atoms in total. The zero-order chi connectivity index (χ0) is 14.6. The molecule has 0 heterocycles. The number of hydrogen-bond donors (Lipinski definition) is 3. The molecule has 1 fully saturated rings. The molecular formula is C15H21N3O2. The number of carbonyl (C=O) groups excluding carboxylic acids is 2. The summed E-state index contributed by atoms with van der Waals surface area (Å²) in [7, 11) is 0. The van der Waals surface area contributed by atoms with E-state index in [4.69, 9.17) is 5.73 Å². The van der Waals surface area contributed by atoms with Crippen molar-refractivity contribution in [2.45, 2.75) is 44.6 Å². The highest BCUT2D eigenvalue weighted by Gasteiger charge is 2.36. The summed E-state index contributed by atoms with van der Waals surface area (Å²) in [6.45, 7) is 1.79. The van der Waals surface area contributed by atoms with E-state index in [9.17, 15) is 9.59 Å². The maximum absolute atomic E-state index is 12.2. The zero-order valence-electron chi connectivity index (χ0n) is 11.7. The second-order valence-electron chi connectivity index (χ2n) is 5.30. The Bertz CT molecular complexity index is 508. The van der Waals surface area contributed by atoms with Gasteiger partial charge in [-0.1, -0.05) is 25.8 Å². The molecule has 2 rings (SSSR count). The first-order valence-electron chi connectivity index (χ1n) is 7.04. The third-order valence-electron chi connectivity index (χ3n) is 3.67. The number of hydrogen-bond acceptors (Lipinski definition) is 3. The van der Waals surface area contributed by atoms with Gasteiger partial charge in [-0.2, -0.15) is 0 Å². The second kappa shape index (κ2) is 6.05. The van der Waals surface area contributed by atoms with Gasteiger partial charge in [0.1, 0.15) is 0 Å². The molecule has 1 saturated carbocycles. The summed E-state index contributed by atoms with van der Waals surface area (Å²) in [5.74, 6) is -0.200. The number of benzene rings is 1. The quantitative estimate of drug-likeness (QED) is 0.788. The van der Waals surface area contributed by atoms with E-state index in [0.717, 1.165) is 25.7 Å². The largest absolute Gasteiger partial charge is 0.326 e. The van der Waals surface area contributed by atoms with Crippen molar-refractivity contribution in [3.05, 3.63) is 24.3 Å². The Hall–Kier alpha value is -1.88. The van der Waals surface area contributed by atoms with Crippen LogP contribution in [0.25, 0.3) is 0 Å². The third-order valence-corrected chi connectivity index (χ3v) is 3.67. The SMILES string of the molecule is CCC(=O)Nc1cccc(NC(=O)C2(N)CCCC2)c1. The van der Waals surface area contributed by atoms with Crippen molar-refractivity contribution >= 4 is 23.2 Å². The average Bonchev–Trinajstić information content (AvgIpc) is 2.87. The molecule has 2 amide bonds. The van der Waals surface area contributed by atoms with Crippen molar-refractivity contribution < 1.29 is 9.59 Å². The Labute approximate surface area is 118 Å². The molecule has 0 atom stereocenters. The molecule has 1 aliphatic carbocycles. The summed E-state index contributed by atoms with van der Waals surface area (Å²) in [6.07, 6.45) is 3.87. The zero-order valence-corrected chi connectivity index (χ0v) is 11.7. The lowest BCUT2D eigenvalue weighted by molar-refractivity contribution is -0.121. The lowest BCUT2D eigenvalue weighted by Gasteiger charge is -2.22. The number of amides is 2. The van der Waals surface area contributed by atoms with E-state index < -0.39 is 5.54 Å². The Morgan fingerprint density at radius 3 is 2.40 bits per heavy atom. The van der Waals surface area contributed by atoms with Crippen molar-refractivity contribution in [3.63, 3.8) is 0 Å². The van der Waals surface area contributed by atoms with Gasteiger partial charge in [-0.3, -0.25) is 9.59 Å². The van der Waals surface area contributed by atoms with Crippen molar-refractivity contribution in [3.8, 4) is 0 Å². The van der Waals surface area contributed by atoms with Crippen molar-refractivity contribution in [2.24, 2.45) is 5.73 Å². The van der Waals surface area contributed by atoms with Gasteiger partial charge in [0.25, 0.3) is 0 Å². The van der Waals surface area contributed by atoms with E-state index in [2.05, 4.69) is 10.6 Å². The molecule has 1 aliphatic rings. The number of carbonyl (C=O) groups is 2. The van der Waals surface area contributed by atoms with Crippen LogP contribution >= 0.6 is 0 Å². The van der Waals surface area contributed by atoms with Gasteiger partial charge < -0.3 is 16.4 Å². The molecule has 5 heteroatoms. The van der Waals surface area contributed by atoms with Gasteiger partial charge in [0.2, 0.25) is 11.8 Å². The number of nitrogens with one attached hydrogen (secondary N) is 2. The van der Waals surface area contributed by atoms with Crippen LogP contribution in [-0.4, -0.2) is 17.4 Å². The molecule has 0 saturated heterocycles. The monoisotopic (exact) mass is 275 g/mol. The fraction of sp³-hybridized carbons (Fsp3) is 0.467. The summed E-state index contributed by atoms with van der Waals surface area (Å²) in [5.41, 5.74) is 6.69. The molecule has 0 spiro atoms. The van der Waals surface area contributed by atoms with Crippen LogP contribution < -0.4 is 16.4 Å². The predicted molar refractivity (Wildman–Crippen MR) is 79.4 cm³/mol. The van der Waals surface area contributed by atoms with Crippen LogP contribution in [0.5, 0.6) is 0 Å². The summed E-state index contributed by atoms with van der Waals surface area (Å²) >= 11 is 0. The maximum atomic E-state index is 12.2. The Morgan fingerprint density at radius 2 is 1.80 bits per heavy atom. The summed E-state index contributed by atoms with van der Waals surface area (Å²) < 4.78 is 0. The van der Waals surface area contributed by atoms with Crippen LogP contribution in [0, 0.1) is 0 Å². The van der Waals surface area contributed by atoms with E-state index in [1.54, 1.807) is 31.2 Å². The molecule has 0 aromatic heterocycles. The van der Waals surface area contributed by atoms with Gasteiger partial charge in [-0.05, 0) is 31.0 Å². The van der Waals surface area contributed by atoms with Gasteiger partial charge in [0, 0.05) is 17.8 Å². The van der Waals surface area contributed by atoms with Crippen LogP contribution in [0.4, 0.5) is 11.4 Å².